The van der Waals surface area contributed by atoms with E-state index in [4.69, 9.17) is 9.47 Å². The molecule has 0 aromatic carbocycles. The molecule has 2 rings (SSSR count). The Morgan fingerprint density at radius 1 is 1.50 bits per heavy atom. The van der Waals surface area contributed by atoms with E-state index in [1.807, 2.05) is 14.0 Å². The highest BCUT2D eigenvalue weighted by Crippen LogP contribution is 2.22. The molecule has 5 heteroatoms. The Morgan fingerprint density at radius 3 is 2.86 bits per heavy atom. The van der Waals surface area contributed by atoms with Gasteiger partial charge in [0.1, 0.15) is 18.2 Å². The van der Waals surface area contributed by atoms with Crippen LogP contribution in [0.25, 0.3) is 0 Å². The van der Waals surface area contributed by atoms with Crippen molar-refractivity contribution in [3.05, 3.63) is 11.9 Å². The SMILES string of the molecule is CNc1ncnc(OC2COC2)c1C. The van der Waals surface area contributed by atoms with Gasteiger partial charge in [0.05, 0.1) is 18.8 Å². The highest BCUT2D eigenvalue weighted by Gasteiger charge is 2.22. The minimum absolute atomic E-state index is 0.147. The summed E-state index contributed by atoms with van der Waals surface area (Å²) in [5, 5.41) is 2.98. The van der Waals surface area contributed by atoms with E-state index in [1.165, 1.54) is 6.33 Å². The van der Waals surface area contributed by atoms with Crippen molar-refractivity contribution in [1.29, 1.82) is 0 Å². The predicted molar refractivity (Wildman–Crippen MR) is 51.6 cm³/mol. The zero-order chi connectivity index (χ0) is 9.97. The lowest BCUT2D eigenvalue weighted by atomic mass is 10.3. The lowest BCUT2D eigenvalue weighted by molar-refractivity contribution is -0.0816. The molecule has 0 aliphatic carbocycles. The molecule has 14 heavy (non-hydrogen) atoms. The standard InChI is InChI=1S/C9H13N3O2/c1-6-8(10-2)11-5-12-9(6)14-7-3-13-4-7/h5,7H,3-4H2,1-2H3,(H,10,11,12). The Balaban J connectivity index is 2.15. The van der Waals surface area contributed by atoms with Gasteiger partial charge in [-0.2, -0.15) is 0 Å². The second-order valence-corrected chi connectivity index (χ2v) is 3.18. The average molecular weight is 195 g/mol. The van der Waals surface area contributed by atoms with Crippen LogP contribution in [0, 0.1) is 6.92 Å². The molecule has 1 aliphatic rings. The fourth-order valence-electron chi connectivity index (χ4n) is 1.24. The second kappa shape index (κ2) is 3.79. The van der Waals surface area contributed by atoms with E-state index < -0.39 is 0 Å². The molecular formula is C9H13N3O2. The van der Waals surface area contributed by atoms with Crippen molar-refractivity contribution >= 4 is 5.82 Å². The van der Waals surface area contributed by atoms with Crippen LogP contribution in [-0.2, 0) is 4.74 Å². The highest BCUT2D eigenvalue weighted by atomic mass is 16.6. The smallest absolute Gasteiger partial charge is 0.221 e. The molecule has 2 heterocycles. The Bertz CT molecular complexity index is 326. The first kappa shape index (κ1) is 9.21. The number of aromatic nitrogens is 2. The van der Waals surface area contributed by atoms with Gasteiger partial charge >= 0.3 is 0 Å². The number of hydrogen-bond donors (Lipinski definition) is 1. The van der Waals surface area contributed by atoms with E-state index in [0.717, 1.165) is 11.4 Å². The van der Waals surface area contributed by atoms with Gasteiger partial charge in [-0.1, -0.05) is 0 Å². The maximum absolute atomic E-state index is 5.61. The molecule has 0 amide bonds. The highest BCUT2D eigenvalue weighted by molar-refractivity contribution is 5.46. The number of ether oxygens (including phenoxy) is 2. The molecule has 1 saturated heterocycles. The van der Waals surface area contributed by atoms with Crippen LogP contribution in [0.15, 0.2) is 6.33 Å². The average Bonchev–Trinajstić information content (AvgIpc) is 2.13. The van der Waals surface area contributed by atoms with Crippen LogP contribution in [0.4, 0.5) is 5.82 Å². The van der Waals surface area contributed by atoms with Gasteiger partial charge in [-0.3, -0.25) is 0 Å². The first-order chi connectivity index (χ1) is 6.81. The van der Waals surface area contributed by atoms with Crippen LogP contribution in [0.1, 0.15) is 5.56 Å². The third-order valence-electron chi connectivity index (χ3n) is 2.16. The second-order valence-electron chi connectivity index (χ2n) is 3.18. The summed E-state index contributed by atoms with van der Waals surface area (Å²) in [4.78, 5) is 8.15. The van der Waals surface area contributed by atoms with Crippen molar-refractivity contribution in [3.8, 4) is 5.88 Å². The molecule has 0 unspecified atom stereocenters. The van der Waals surface area contributed by atoms with Crippen LogP contribution < -0.4 is 10.1 Å². The van der Waals surface area contributed by atoms with Crippen LogP contribution in [0.2, 0.25) is 0 Å². The molecule has 0 spiro atoms. The Kier molecular flexibility index (Phi) is 2.49. The van der Waals surface area contributed by atoms with Gasteiger partial charge < -0.3 is 14.8 Å². The molecular weight excluding hydrogens is 182 g/mol. The molecule has 5 nitrogen and oxygen atoms in total. The largest absolute Gasteiger partial charge is 0.469 e. The lowest BCUT2D eigenvalue weighted by Gasteiger charge is -2.26. The molecule has 1 aromatic heterocycles. The zero-order valence-electron chi connectivity index (χ0n) is 8.28. The summed E-state index contributed by atoms with van der Waals surface area (Å²) in [5.74, 6) is 1.44. The van der Waals surface area contributed by atoms with Crippen molar-refractivity contribution in [1.82, 2.24) is 9.97 Å². The van der Waals surface area contributed by atoms with Crippen molar-refractivity contribution < 1.29 is 9.47 Å². The third kappa shape index (κ3) is 1.63. The van der Waals surface area contributed by atoms with Crippen molar-refractivity contribution in [2.45, 2.75) is 13.0 Å². The molecule has 1 aliphatic heterocycles. The van der Waals surface area contributed by atoms with Crippen molar-refractivity contribution in [3.63, 3.8) is 0 Å². The minimum atomic E-state index is 0.147. The summed E-state index contributed by atoms with van der Waals surface area (Å²) in [6.07, 6.45) is 1.64. The number of hydrogen-bond acceptors (Lipinski definition) is 5. The van der Waals surface area contributed by atoms with Crippen molar-refractivity contribution in [2.75, 3.05) is 25.6 Å². The number of nitrogens with one attached hydrogen (secondary N) is 1. The summed E-state index contributed by atoms with van der Waals surface area (Å²) in [7, 11) is 1.82. The summed E-state index contributed by atoms with van der Waals surface area (Å²) < 4.78 is 10.6. The number of rotatable bonds is 3. The Hall–Kier alpha value is -1.36. The molecule has 0 atom stereocenters. The summed E-state index contributed by atoms with van der Waals surface area (Å²) >= 11 is 0. The molecule has 0 radical (unpaired) electrons. The number of anilines is 1. The van der Waals surface area contributed by atoms with Crippen LogP contribution in [0.3, 0.4) is 0 Å². The zero-order valence-corrected chi connectivity index (χ0v) is 8.28. The van der Waals surface area contributed by atoms with E-state index in [0.29, 0.717) is 19.1 Å². The van der Waals surface area contributed by atoms with Crippen LogP contribution in [0.5, 0.6) is 5.88 Å². The Morgan fingerprint density at radius 2 is 2.29 bits per heavy atom. The van der Waals surface area contributed by atoms with E-state index in [2.05, 4.69) is 15.3 Å². The maximum atomic E-state index is 5.61. The van der Waals surface area contributed by atoms with Crippen molar-refractivity contribution in [2.24, 2.45) is 0 Å². The molecule has 0 saturated carbocycles. The molecule has 1 fully saturated rings. The summed E-state index contributed by atoms with van der Waals surface area (Å²) in [6, 6.07) is 0. The van der Waals surface area contributed by atoms with E-state index >= 15 is 0 Å². The topological polar surface area (TPSA) is 56.3 Å². The molecule has 1 aromatic rings. The predicted octanol–water partition coefficient (Wildman–Crippen LogP) is 0.604. The third-order valence-corrected chi connectivity index (χ3v) is 2.16. The van der Waals surface area contributed by atoms with Gasteiger partial charge in [-0.05, 0) is 6.92 Å². The number of nitrogens with zero attached hydrogens (tertiary/aromatic N) is 2. The summed E-state index contributed by atoms with van der Waals surface area (Å²) in [5.41, 5.74) is 0.932. The van der Waals surface area contributed by atoms with E-state index in [1.54, 1.807) is 0 Å². The van der Waals surface area contributed by atoms with Crippen LogP contribution >= 0.6 is 0 Å². The van der Waals surface area contributed by atoms with Crippen LogP contribution in [-0.4, -0.2) is 36.3 Å². The first-order valence-electron chi connectivity index (χ1n) is 4.55. The van der Waals surface area contributed by atoms with Gasteiger partial charge in [0.25, 0.3) is 0 Å². The lowest BCUT2D eigenvalue weighted by Crippen LogP contribution is -2.39. The maximum Gasteiger partial charge on any atom is 0.221 e. The monoisotopic (exact) mass is 195 g/mol. The fourth-order valence-corrected chi connectivity index (χ4v) is 1.24. The van der Waals surface area contributed by atoms with Gasteiger partial charge in [0, 0.05) is 7.05 Å². The molecule has 76 valence electrons. The molecule has 1 N–H and O–H groups in total. The van der Waals surface area contributed by atoms with Gasteiger partial charge in [0.2, 0.25) is 5.88 Å². The van der Waals surface area contributed by atoms with E-state index in [9.17, 15) is 0 Å². The van der Waals surface area contributed by atoms with Gasteiger partial charge in [-0.15, -0.1) is 0 Å². The normalized spacial score (nSPS) is 16.1. The fraction of sp³-hybridized carbons (Fsp3) is 0.556. The Labute approximate surface area is 82.5 Å². The van der Waals surface area contributed by atoms with Gasteiger partial charge in [-0.25, -0.2) is 9.97 Å². The molecule has 0 bridgehead atoms. The quantitative estimate of drug-likeness (QED) is 0.765. The summed E-state index contributed by atoms with van der Waals surface area (Å²) in [6.45, 7) is 3.23. The van der Waals surface area contributed by atoms with Gasteiger partial charge in [0.15, 0.2) is 0 Å². The van der Waals surface area contributed by atoms with E-state index in [-0.39, 0.29) is 6.10 Å². The first-order valence-corrected chi connectivity index (χ1v) is 4.55. The minimum Gasteiger partial charge on any atom is -0.469 e.